The third-order valence-electron chi connectivity index (χ3n) is 2.39. The molecular weight excluding hydrogens is 214 g/mol. The zero-order chi connectivity index (χ0) is 11.1. The molecule has 0 saturated heterocycles. The highest BCUT2D eigenvalue weighted by Gasteiger charge is 2.28. The van der Waals surface area contributed by atoms with E-state index in [4.69, 9.17) is 0 Å². The fourth-order valence-electron chi connectivity index (χ4n) is 1.57. The van der Waals surface area contributed by atoms with E-state index in [-0.39, 0.29) is 5.03 Å². The minimum Gasteiger partial charge on any atom is -0.356 e. The van der Waals surface area contributed by atoms with E-state index in [0.717, 1.165) is 12.1 Å². The van der Waals surface area contributed by atoms with Gasteiger partial charge >= 0.3 is 0 Å². The molecule has 1 aliphatic rings. The van der Waals surface area contributed by atoms with Gasteiger partial charge in [-0.15, -0.1) is 0 Å². The second kappa shape index (κ2) is 3.46. The van der Waals surface area contributed by atoms with Gasteiger partial charge < -0.3 is 4.90 Å². The van der Waals surface area contributed by atoms with E-state index in [0.29, 0.717) is 12.4 Å². The number of fused-ring (bicyclic) bond motifs is 1. The minimum atomic E-state index is -3.40. The number of nitrogens with zero attached hydrogens (tertiary/aromatic N) is 2. The first-order valence-corrected chi connectivity index (χ1v) is 6.24. The van der Waals surface area contributed by atoms with Gasteiger partial charge in [-0.3, -0.25) is 0 Å². The first-order chi connectivity index (χ1) is 7.04. The maximum atomic E-state index is 11.6. The Labute approximate surface area is 89.2 Å². The SMILES string of the molecule is CCN1CNS(=O)(=O)c2ncc(C)cc21. The van der Waals surface area contributed by atoms with E-state index in [1.807, 2.05) is 24.8 Å². The highest BCUT2D eigenvalue weighted by molar-refractivity contribution is 7.89. The lowest BCUT2D eigenvalue weighted by atomic mass is 10.3. The molecule has 0 atom stereocenters. The van der Waals surface area contributed by atoms with Crippen LogP contribution in [0.25, 0.3) is 0 Å². The first kappa shape index (κ1) is 10.4. The summed E-state index contributed by atoms with van der Waals surface area (Å²) in [5.74, 6) is 0. The van der Waals surface area contributed by atoms with Crippen LogP contribution < -0.4 is 9.62 Å². The van der Waals surface area contributed by atoms with Crippen LogP contribution in [0.5, 0.6) is 0 Å². The van der Waals surface area contributed by atoms with Crippen LogP contribution in [0.3, 0.4) is 0 Å². The maximum Gasteiger partial charge on any atom is 0.261 e. The monoisotopic (exact) mass is 227 g/mol. The van der Waals surface area contributed by atoms with Crippen LogP contribution in [0.4, 0.5) is 5.69 Å². The average molecular weight is 227 g/mol. The Bertz CT molecular complexity index is 484. The van der Waals surface area contributed by atoms with E-state index in [1.54, 1.807) is 6.20 Å². The van der Waals surface area contributed by atoms with Gasteiger partial charge in [0.25, 0.3) is 10.0 Å². The maximum absolute atomic E-state index is 11.6. The number of pyridine rings is 1. The molecule has 1 aliphatic heterocycles. The van der Waals surface area contributed by atoms with Crippen molar-refractivity contribution in [2.75, 3.05) is 18.1 Å². The summed E-state index contributed by atoms with van der Waals surface area (Å²) in [7, 11) is -3.40. The van der Waals surface area contributed by atoms with Gasteiger partial charge in [0.2, 0.25) is 0 Å². The molecule has 0 radical (unpaired) electrons. The number of aryl methyl sites for hydroxylation is 1. The third-order valence-corrected chi connectivity index (χ3v) is 3.72. The van der Waals surface area contributed by atoms with E-state index >= 15 is 0 Å². The lowest BCUT2D eigenvalue weighted by molar-refractivity contribution is 0.567. The second-order valence-electron chi connectivity index (χ2n) is 3.50. The van der Waals surface area contributed by atoms with Crippen molar-refractivity contribution in [3.8, 4) is 0 Å². The summed E-state index contributed by atoms with van der Waals surface area (Å²) >= 11 is 0. The summed E-state index contributed by atoms with van der Waals surface area (Å²) in [6, 6.07) is 1.85. The van der Waals surface area contributed by atoms with Crippen LogP contribution in [0, 0.1) is 6.92 Å². The zero-order valence-corrected chi connectivity index (χ0v) is 9.50. The standard InChI is InChI=1S/C9H13N3O2S/c1-3-12-6-11-15(13,14)9-8(12)4-7(2)5-10-9/h4-5,11H,3,6H2,1-2H3. The van der Waals surface area contributed by atoms with E-state index in [2.05, 4.69) is 9.71 Å². The molecule has 0 amide bonds. The van der Waals surface area contributed by atoms with E-state index in [9.17, 15) is 8.42 Å². The average Bonchev–Trinajstić information content (AvgIpc) is 2.17. The molecule has 1 aromatic rings. The van der Waals surface area contributed by atoms with Gasteiger partial charge in [0.1, 0.15) is 0 Å². The highest BCUT2D eigenvalue weighted by Crippen LogP contribution is 2.26. The Morgan fingerprint density at radius 1 is 1.60 bits per heavy atom. The van der Waals surface area contributed by atoms with Gasteiger partial charge in [-0.05, 0) is 25.5 Å². The van der Waals surface area contributed by atoms with Crippen molar-refractivity contribution in [3.63, 3.8) is 0 Å². The molecular formula is C9H13N3O2S. The third kappa shape index (κ3) is 1.70. The van der Waals surface area contributed by atoms with Crippen molar-refractivity contribution < 1.29 is 8.42 Å². The lowest BCUT2D eigenvalue weighted by Gasteiger charge is -2.29. The number of sulfonamides is 1. The van der Waals surface area contributed by atoms with Crippen molar-refractivity contribution in [1.82, 2.24) is 9.71 Å². The fraction of sp³-hybridized carbons (Fsp3) is 0.444. The van der Waals surface area contributed by atoms with Crippen LogP contribution in [-0.2, 0) is 10.0 Å². The molecule has 0 fully saturated rings. The molecule has 1 N–H and O–H groups in total. The molecule has 15 heavy (non-hydrogen) atoms. The molecule has 2 heterocycles. The molecule has 0 aromatic carbocycles. The van der Waals surface area contributed by atoms with Crippen molar-refractivity contribution in [2.24, 2.45) is 0 Å². The van der Waals surface area contributed by atoms with Crippen molar-refractivity contribution in [3.05, 3.63) is 17.8 Å². The number of hydrogen-bond donors (Lipinski definition) is 1. The van der Waals surface area contributed by atoms with Gasteiger partial charge in [-0.25, -0.2) is 13.4 Å². The summed E-state index contributed by atoms with van der Waals surface area (Å²) in [4.78, 5) is 5.92. The van der Waals surface area contributed by atoms with Gasteiger partial charge in [0, 0.05) is 12.7 Å². The van der Waals surface area contributed by atoms with Gasteiger partial charge in [0.05, 0.1) is 12.4 Å². The van der Waals surface area contributed by atoms with Crippen molar-refractivity contribution in [1.29, 1.82) is 0 Å². The Morgan fingerprint density at radius 2 is 2.33 bits per heavy atom. The highest BCUT2D eigenvalue weighted by atomic mass is 32.2. The van der Waals surface area contributed by atoms with Crippen LogP contribution >= 0.6 is 0 Å². The zero-order valence-electron chi connectivity index (χ0n) is 8.69. The minimum absolute atomic E-state index is 0.126. The summed E-state index contributed by atoms with van der Waals surface area (Å²) < 4.78 is 25.8. The Morgan fingerprint density at radius 3 is 3.00 bits per heavy atom. The van der Waals surface area contributed by atoms with Gasteiger partial charge in [-0.2, -0.15) is 4.72 Å². The van der Waals surface area contributed by atoms with E-state index in [1.165, 1.54) is 0 Å². The molecule has 0 aliphatic carbocycles. The predicted molar refractivity (Wildman–Crippen MR) is 57.2 cm³/mol. The van der Waals surface area contributed by atoms with Crippen LogP contribution in [0.15, 0.2) is 17.3 Å². The summed E-state index contributed by atoms with van der Waals surface area (Å²) in [5.41, 5.74) is 1.65. The van der Waals surface area contributed by atoms with Crippen molar-refractivity contribution in [2.45, 2.75) is 18.9 Å². The topological polar surface area (TPSA) is 62.3 Å². The Kier molecular flexibility index (Phi) is 2.40. The normalized spacial score (nSPS) is 18.7. The van der Waals surface area contributed by atoms with E-state index < -0.39 is 10.0 Å². The smallest absolute Gasteiger partial charge is 0.261 e. The predicted octanol–water partition coefficient (Wildman–Crippen LogP) is 0.466. The number of anilines is 1. The first-order valence-electron chi connectivity index (χ1n) is 4.76. The number of rotatable bonds is 1. The Hall–Kier alpha value is -1.14. The summed E-state index contributed by atoms with van der Waals surface area (Å²) in [5, 5.41) is 0.126. The van der Waals surface area contributed by atoms with Gasteiger partial charge in [-0.1, -0.05) is 0 Å². The molecule has 0 unspecified atom stereocenters. The summed E-state index contributed by atoms with van der Waals surface area (Å²) in [6.07, 6.45) is 1.57. The molecule has 82 valence electrons. The quantitative estimate of drug-likeness (QED) is 0.757. The van der Waals surface area contributed by atoms with Crippen LogP contribution in [0.1, 0.15) is 12.5 Å². The number of nitrogens with one attached hydrogen (secondary N) is 1. The molecule has 0 saturated carbocycles. The lowest BCUT2D eigenvalue weighted by Crippen LogP contribution is -2.43. The molecule has 1 aromatic heterocycles. The second-order valence-corrected chi connectivity index (χ2v) is 5.18. The largest absolute Gasteiger partial charge is 0.356 e. The number of aromatic nitrogens is 1. The summed E-state index contributed by atoms with van der Waals surface area (Å²) in [6.45, 7) is 4.94. The van der Waals surface area contributed by atoms with Crippen LogP contribution in [0.2, 0.25) is 0 Å². The molecule has 6 heteroatoms. The fourth-order valence-corrected chi connectivity index (χ4v) is 2.69. The Balaban J connectivity index is 2.64. The van der Waals surface area contributed by atoms with Crippen LogP contribution in [-0.4, -0.2) is 26.6 Å². The molecule has 0 spiro atoms. The van der Waals surface area contributed by atoms with Gasteiger partial charge in [0.15, 0.2) is 5.03 Å². The molecule has 0 bridgehead atoms. The molecule has 5 nitrogen and oxygen atoms in total. The number of hydrogen-bond acceptors (Lipinski definition) is 4. The molecule has 2 rings (SSSR count). The van der Waals surface area contributed by atoms with Crippen molar-refractivity contribution >= 4 is 15.7 Å².